The summed E-state index contributed by atoms with van der Waals surface area (Å²) in [6, 6.07) is 23.9. The lowest BCUT2D eigenvalue weighted by molar-refractivity contribution is -0.118. The van der Waals surface area contributed by atoms with Crippen molar-refractivity contribution in [2.75, 3.05) is 0 Å². The van der Waals surface area contributed by atoms with E-state index in [1.54, 1.807) is 0 Å². The van der Waals surface area contributed by atoms with Crippen molar-refractivity contribution in [1.29, 1.82) is 0 Å². The van der Waals surface area contributed by atoms with E-state index in [1.807, 2.05) is 48.5 Å². The van der Waals surface area contributed by atoms with E-state index in [0.717, 1.165) is 34.4 Å². The zero-order chi connectivity index (χ0) is 20.9. The first-order chi connectivity index (χ1) is 14.5. The van der Waals surface area contributed by atoms with Crippen LogP contribution in [0, 0.1) is 6.92 Å². The Hall–Kier alpha value is -3.31. The maximum Gasteiger partial charge on any atom is 0.286 e. The molecule has 5 heteroatoms. The normalized spacial score (nSPS) is 16.1. The lowest BCUT2D eigenvalue weighted by Crippen LogP contribution is -2.25. The SMILES string of the molecule is Cc1ccc(/C=C\c2ccc(Oc3ccc(CC4SC(=O)NC4=O)cc3)cc2)cc1. The van der Waals surface area contributed by atoms with Gasteiger partial charge in [0.25, 0.3) is 5.24 Å². The van der Waals surface area contributed by atoms with Crippen LogP contribution < -0.4 is 10.1 Å². The molecule has 4 nitrogen and oxygen atoms in total. The minimum atomic E-state index is -0.357. The number of imide groups is 1. The van der Waals surface area contributed by atoms with Crippen molar-refractivity contribution in [2.24, 2.45) is 0 Å². The highest BCUT2D eigenvalue weighted by Gasteiger charge is 2.31. The van der Waals surface area contributed by atoms with Gasteiger partial charge in [0.05, 0.1) is 5.25 Å². The van der Waals surface area contributed by atoms with Crippen molar-refractivity contribution in [1.82, 2.24) is 5.32 Å². The number of aryl methyl sites for hydroxylation is 1. The minimum Gasteiger partial charge on any atom is -0.457 e. The first-order valence-electron chi connectivity index (χ1n) is 9.68. The van der Waals surface area contributed by atoms with Gasteiger partial charge in [0.1, 0.15) is 11.5 Å². The molecule has 1 saturated heterocycles. The Bertz CT molecular complexity index is 1070. The van der Waals surface area contributed by atoms with Crippen molar-refractivity contribution in [3.05, 3.63) is 95.1 Å². The van der Waals surface area contributed by atoms with Crippen LogP contribution in [0.5, 0.6) is 11.5 Å². The molecule has 0 aromatic heterocycles. The molecule has 3 aromatic carbocycles. The topological polar surface area (TPSA) is 55.4 Å². The zero-order valence-electron chi connectivity index (χ0n) is 16.5. The summed E-state index contributed by atoms with van der Waals surface area (Å²) in [5.74, 6) is 1.26. The van der Waals surface area contributed by atoms with Crippen molar-refractivity contribution < 1.29 is 14.3 Å². The van der Waals surface area contributed by atoms with Crippen LogP contribution in [0.4, 0.5) is 4.79 Å². The average Bonchev–Trinajstić information content (AvgIpc) is 3.07. The predicted octanol–water partition coefficient (Wildman–Crippen LogP) is 5.85. The summed E-state index contributed by atoms with van der Waals surface area (Å²) >= 11 is 1.04. The van der Waals surface area contributed by atoms with E-state index in [0.29, 0.717) is 6.42 Å². The maximum absolute atomic E-state index is 11.7. The van der Waals surface area contributed by atoms with Crippen molar-refractivity contribution >= 4 is 35.1 Å². The number of nitrogens with one attached hydrogen (secondary N) is 1. The summed E-state index contributed by atoms with van der Waals surface area (Å²) in [6.45, 7) is 2.08. The van der Waals surface area contributed by atoms with E-state index in [2.05, 4.69) is 48.7 Å². The molecule has 0 aliphatic carbocycles. The quantitative estimate of drug-likeness (QED) is 0.513. The number of hydrogen-bond acceptors (Lipinski definition) is 4. The molecule has 30 heavy (non-hydrogen) atoms. The lowest BCUT2D eigenvalue weighted by Gasteiger charge is -2.08. The highest BCUT2D eigenvalue weighted by molar-refractivity contribution is 8.15. The number of amides is 2. The lowest BCUT2D eigenvalue weighted by atomic mass is 10.1. The second kappa shape index (κ2) is 9.01. The molecule has 3 aromatic rings. The number of hydrogen-bond donors (Lipinski definition) is 1. The molecule has 4 rings (SSSR count). The molecule has 150 valence electrons. The number of benzene rings is 3. The Kier molecular flexibility index (Phi) is 6.00. The number of thioether (sulfide) groups is 1. The van der Waals surface area contributed by atoms with Crippen LogP contribution in [0.25, 0.3) is 12.2 Å². The molecule has 1 unspecified atom stereocenters. The molecule has 1 N–H and O–H groups in total. The number of ether oxygens (including phenoxy) is 1. The molecule has 0 radical (unpaired) electrons. The van der Waals surface area contributed by atoms with E-state index in [9.17, 15) is 9.59 Å². The molecule has 0 spiro atoms. The van der Waals surface area contributed by atoms with E-state index in [1.165, 1.54) is 11.1 Å². The van der Waals surface area contributed by atoms with Gasteiger partial charge < -0.3 is 4.74 Å². The van der Waals surface area contributed by atoms with E-state index in [-0.39, 0.29) is 16.4 Å². The molecular formula is C25H21NO3S. The van der Waals surface area contributed by atoms with Gasteiger partial charge in [-0.1, -0.05) is 78.0 Å². The smallest absolute Gasteiger partial charge is 0.286 e. The standard InChI is InChI=1S/C25H21NO3S/c1-17-2-4-18(5-3-17)6-7-19-8-12-21(13-9-19)29-22-14-10-20(11-15-22)16-23-24(27)26-25(28)30-23/h2-15,23H,16H2,1H3,(H,26,27,28)/b7-6-. The van der Waals surface area contributed by atoms with Crippen LogP contribution in [0.1, 0.15) is 22.3 Å². The predicted molar refractivity (Wildman–Crippen MR) is 122 cm³/mol. The Morgan fingerprint density at radius 3 is 1.90 bits per heavy atom. The van der Waals surface area contributed by atoms with E-state index >= 15 is 0 Å². The molecule has 1 aliphatic heterocycles. The Morgan fingerprint density at radius 2 is 1.37 bits per heavy atom. The van der Waals surface area contributed by atoms with Gasteiger partial charge in [-0.2, -0.15) is 0 Å². The summed E-state index contributed by atoms with van der Waals surface area (Å²) in [7, 11) is 0. The van der Waals surface area contributed by atoms with Gasteiger partial charge in [-0.15, -0.1) is 0 Å². The van der Waals surface area contributed by atoms with E-state index in [4.69, 9.17) is 4.74 Å². The van der Waals surface area contributed by atoms with Crippen LogP contribution in [0.2, 0.25) is 0 Å². The summed E-state index contributed by atoms with van der Waals surface area (Å²) in [6.07, 6.45) is 4.68. The monoisotopic (exact) mass is 415 g/mol. The average molecular weight is 416 g/mol. The summed E-state index contributed by atoms with van der Waals surface area (Å²) in [4.78, 5) is 23.0. The van der Waals surface area contributed by atoms with Crippen LogP contribution in [-0.4, -0.2) is 16.4 Å². The van der Waals surface area contributed by atoms with Gasteiger partial charge in [-0.05, 0) is 54.3 Å². The van der Waals surface area contributed by atoms with Crippen LogP contribution in [0.15, 0.2) is 72.8 Å². The van der Waals surface area contributed by atoms with E-state index < -0.39 is 0 Å². The number of carbonyl (C=O) groups is 2. The van der Waals surface area contributed by atoms with Gasteiger partial charge in [0.2, 0.25) is 5.91 Å². The number of carbonyl (C=O) groups excluding carboxylic acids is 2. The summed E-state index contributed by atoms with van der Waals surface area (Å²) in [5, 5.41) is 1.68. The molecule has 1 atom stereocenters. The fraction of sp³-hybridized carbons (Fsp3) is 0.120. The highest BCUT2D eigenvalue weighted by Crippen LogP contribution is 2.26. The second-order valence-electron chi connectivity index (χ2n) is 7.15. The first kappa shape index (κ1) is 20.0. The Labute approximate surface area is 180 Å². The fourth-order valence-corrected chi connectivity index (χ4v) is 3.95. The summed E-state index contributed by atoms with van der Waals surface area (Å²) < 4.78 is 5.91. The largest absolute Gasteiger partial charge is 0.457 e. The fourth-order valence-electron chi connectivity index (χ4n) is 3.09. The third-order valence-corrected chi connectivity index (χ3v) is 5.75. The second-order valence-corrected chi connectivity index (χ2v) is 8.32. The summed E-state index contributed by atoms with van der Waals surface area (Å²) in [5.41, 5.74) is 4.50. The van der Waals surface area contributed by atoms with Crippen LogP contribution in [0.3, 0.4) is 0 Å². The zero-order valence-corrected chi connectivity index (χ0v) is 17.3. The van der Waals surface area contributed by atoms with Crippen molar-refractivity contribution in [3.8, 4) is 11.5 Å². The van der Waals surface area contributed by atoms with Crippen molar-refractivity contribution in [3.63, 3.8) is 0 Å². The van der Waals surface area contributed by atoms with Gasteiger partial charge in [-0.3, -0.25) is 14.9 Å². The third kappa shape index (κ3) is 5.19. The minimum absolute atomic E-state index is 0.221. The van der Waals surface area contributed by atoms with Gasteiger partial charge >= 0.3 is 0 Å². The van der Waals surface area contributed by atoms with Crippen molar-refractivity contribution in [2.45, 2.75) is 18.6 Å². The highest BCUT2D eigenvalue weighted by atomic mass is 32.2. The molecule has 2 amide bonds. The van der Waals surface area contributed by atoms with Gasteiger partial charge in [0, 0.05) is 0 Å². The molecule has 1 fully saturated rings. The first-order valence-corrected chi connectivity index (χ1v) is 10.6. The van der Waals surface area contributed by atoms with Gasteiger partial charge in [-0.25, -0.2) is 0 Å². The Balaban J connectivity index is 1.34. The molecular weight excluding hydrogens is 394 g/mol. The van der Waals surface area contributed by atoms with Gasteiger partial charge in [0.15, 0.2) is 0 Å². The molecule has 1 aliphatic rings. The number of rotatable bonds is 6. The molecule has 0 bridgehead atoms. The molecule has 1 heterocycles. The Morgan fingerprint density at radius 1 is 0.833 bits per heavy atom. The van der Waals surface area contributed by atoms with Crippen LogP contribution >= 0.6 is 11.8 Å². The maximum atomic E-state index is 11.7. The third-order valence-electron chi connectivity index (χ3n) is 4.77. The van der Waals surface area contributed by atoms with Crippen LogP contribution in [-0.2, 0) is 11.2 Å². The molecule has 0 saturated carbocycles.